The van der Waals surface area contributed by atoms with Crippen LogP contribution in [0.1, 0.15) is 53.2 Å². The lowest BCUT2D eigenvalue weighted by Gasteiger charge is -2.41. The van der Waals surface area contributed by atoms with E-state index in [1.807, 2.05) is 26.1 Å². The third kappa shape index (κ3) is 7.48. The van der Waals surface area contributed by atoms with Gasteiger partial charge in [0.15, 0.2) is 12.4 Å². The number of esters is 2. The number of allylic oxidation sites excluding steroid dienone is 3. The molecule has 1 aromatic heterocycles. The fourth-order valence-electron chi connectivity index (χ4n) is 7.17. The normalized spacial score (nSPS) is 38.2. The topological polar surface area (TPSA) is 148 Å². The molecular formula is C35H48N2O10. The predicted molar refractivity (Wildman–Crippen MR) is 170 cm³/mol. The number of ether oxygens (including phenoxy) is 6. The molecule has 1 aliphatic carbocycles. The minimum absolute atomic E-state index is 0.0137. The van der Waals surface area contributed by atoms with Crippen molar-refractivity contribution in [2.45, 2.75) is 89.6 Å². The molecule has 0 saturated carbocycles. The number of fused-ring (bicyclic) bond motifs is 3. The Morgan fingerprint density at radius 2 is 2.00 bits per heavy atom. The number of rotatable bonds is 9. The molecule has 2 N–H and O–H groups in total. The molecule has 0 unspecified atom stereocenters. The van der Waals surface area contributed by atoms with E-state index in [0.717, 1.165) is 6.42 Å². The number of aliphatic hydroxyl groups excluding tert-OH is 2. The van der Waals surface area contributed by atoms with Crippen LogP contribution in [0.15, 0.2) is 54.1 Å². The van der Waals surface area contributed by atoms with Crippen molar-refractivity contribution in [2.24, 2.45) is 30.7 Å². The number of carbonyl (C=O) groups is 2. The van der Waals surface area contributed by atoms with Gasteiger partial charge in [-0.2, -0.15) is 0 Å². The van der Waals surface area contributed by atoms with Crippen molar-refractivity contribution >= 4 is 18.0 Å². The molecule has 4 aliphatic rings. The minimum Gasteiger partial charge on any atom is -0.456 e. The van der Waals surface area contributed by atoms with E-state index in [1.165, 1.54) is 18.6 Å². The first-order valence-electron chi connectivity index (χ1n) is 16.2. The van der Waals surface area contributed by atoms with Gasteiger partial charge < -0.3 is 43.2 Å². The van der Waals surface area contributed by atoms with Crippen molar-refractivity contribution in [1.29, 1.82) is 0 Å². The van der Waals surface area contributed by atoms with Crippen molar-refractivity contribution in [3.63, 3.8) is 0 Å². The van der Waals surface area contributed by atoms with Crippen molar-refractivity contribution in [1.82, 2.24) is 9.55 Å². The zero-order valence-electron chi connectivity index (χ0n) is 28.2. The highest BCUT2D eigenvalue weighted by atomic mass is 16.7. The number of aliphatic hydroxyl groups is 2. The van der Waals surface area contributed by atoms with Crippen LogP contribution in [-0.4, -0.2) is 94.1 Å². The largest absolute Gasteiger partial charge is 0.456 e. The number of aromatic nitrogens is 2. The molecular weight excluding hydrogens is 608 g/mol. The first-order valence-corrected chi connectivity index (χ1v) is 16.2. The quantitative estimate of drug-likeness (QED) is 0.229. The summed E-state index contributed by atoms with van der Waals surface area (Å²) >= 11 is 0. The minimum atomic E-state index is -1.39. The Bertz CT molecular complexity index is 1430. The highest BCUT2D eigenvalue weighted by Gasteiger charge is 2.54. The molecule has 0 spiro atoms. The van der Waals surface area contributed by atoms with E-state index in [1.54, 1.807) is 30.3 Å². The van der Waals surface area contributed by atoms with Crippen molar-refractivity contribution < 1.29 is 48.2 Å². The fourth-order valence-corrected chi connectivity index (χ4v) is 7.17. The molecule has 2 bridgehead atoms. The van der Waals surface area contributed by atoms with Gasteiger partial charge in [0, 0.05) is 38.9 Å². The van der Waals surface area contributed by atoms with Crippen molar-refractivity contribution in [3.05, 3.63) is 59.7 Å². The third-order valence-electron chi connectivity index (χ3n) is 9.88. The van der Waals surface area contributed by atoms with Gasteiger partial charge in [0.25, 0.3) is 0 Å². The van der Waals surface area contributed by atoms with Gasteiger partial charge in [0.1, 0.15) is 23.9 Å². The van der Waals surface area contributed by atoms with Gasteiger partial charge in [-0.05, 0) is 68.6 Å². The summed E-state index contributed by atoms with van der Waals surface area (Å²) in [6.45, 7) is 9.36. The van der Waals surface area contributed by atoms with E-state index in [-0.39, 0.29) is 31.0 Å². The zero-order valence-corrected chi connectivity index (χ0v) is 28.2. The first-order chi connectivity index (χ1) is 22.2. The number of methoxy groups -OCH3 is 1. The number of hydrogen-bond acceptors (Lipinski definition) is 11. The predicted octanol–water partition coefficient (Wildman–Crippen LogP) is 3.24. The van der Waals surface area contributed by atoms with E-state index in [9.17, 15) is 19.8 Å². The molecule has 47 heavy (non-hydrogen) atoms. The molecule has 10 atom stereocenters. The molecule has 1 fully saturated rings. The van der Waals surface area contributed by atoms with Crippen LogP contribution in [0.5, 0.6) is 0 Å². The second-order valence-electron chi connectivity index (χ2n) is 13.6. The average molecular weight is 657 g/mol. The maximum absolute atomic E-state index is 13.3. The van der Waals surface area contributed by atoms with Gasteiger partial charge in [0.2, 0.25) is 5.79 Å². The summed E-state index contributed by atoms with van der Waals surface area (Å²) in [6, 6.07) is 0. The van der Waals surface area contributed by atoms with Gasteiger partial charge in [-0.15, -0.1) is 0 Å². The molecule has 5 rings (SSSR count). The SMILES string of the molecule is CO[C@]12C=C[C@](C)(O1)[C@@H](OC(=O)C=Cc1cn(C)cn1)C[C@H]1C(C)=CC[C@H](C(C)C)[C@H]1/C=C\2CO[C@@H]1OC[C@@H](O)[C@@H](O)[C@@H]1OC(C)=O. The lowest BCUT2D eigenvalue weighted by molar-refractivity contribution is -0.277. The van der Waals surface area contributed by atoms with Gasteiger partial charge in [0.05, 0.1) is 25.2 Å². The smallest absolute Gasteiger partial charge is 0.331 e. The van der Waals surface area contributed by atoms with Crippen molar-refractivity contribution in [3.8, 4) is 0 Å². The van der Waals surface area contributed by atoms with Crippen LogP contribution >= 0.6 is 0 Å². The van der Waals surface area contributed by atoms with Gasteiger partial charge in [-0.25, -0.2) is 9.78 Å². The molecule has 3 aliphatic heterocycles. The van der Waals surface area contributed by atoms with Gasteiger partial charge >= 0.3 is 11.9 Å². The molecule has 258 valence electrons. The molecule has 12 heteroatoms. The lowest BCUT2D eigenvalue weighted by Crippen LogP contribution is -2.55. The molecule has 4 heterocycles. The Kier molecular flexibility index (Phi) is 10.6. The second kappa shape index (κ2) is 14.2. The Morgan fingerprint density at radius 1 is 1.23 bits per heavy atom. The van der Waals surface area contributed by atoms with Gasteiger partial charge in [-0.3, -0.25) is 4.79 Å². The Morgan fingerprint density at radius 3 is 2.66 bits per heavy atom. The van der Waals surface area contributed by atoms with E-state index < -0.39 is 54.0 Å². The number of hydrogen-bond donors (Lipinski definition) is 2. The summed E-state index contributed by atoms with van der Waals surface area (Å²) in [5.41, 5.74) is 1.43. The Labute approximate surface area is 276 Å². The summed E-state index contributed by atoms with van der Waals surface area (Å²) in [5, 5.41) is 20.8. The monoisotopic (exact) mass is 656 g/mol. The second-order valence-corrected chi connectivity index (χ2v) is 13.6. The first kappa shape index (κ1) is 35.2. The maximum Gasteiger partial charge on any atom is 0.331 e. The van der Waals surface area contributed by atoms with Gasteiger partial charge in [-0.1, -0.05) is 31.6 Å². The molecule has 1 aromatic rings. The number of nitrogens with zero attached hydrogens (tertiary/aromatic N) is 2. The molecule has 0 aromatic carbocycles. The highest BCUT2D eigenvalue weighted by molar-refractivity contribution is 5.86. The lowest BCUT2D eigenvalue weighted by atomic mass is 9.65. The highest BCUT2D eigenvalue weighted by Crippen LogP contribution is 2.49. The average Bonchev–Trinajstić information content (AvgIpc) is 3.61. The van der Waals surface area contributed by atoms with Crippen molar-refractivity contribution in [2.75, 3.05) is 20.3 Å². The summed E-state index contributed by atoms with van der Waals surface area (Å²) in [7, 11) is 3.40. The molecule has 12 nitrogen and oxygen atoms in total. The Balaban J connectivity index is 1.49. The molecule has 0 amide bonds. The third-order valence-corrected chi connectivity index (χ3v) is 9.88. The van der Waals surface area contributed by atoms with Crippen LogP contribution in [0, 0.1) is 23.7 Å². The standard InChI is InChI=1S/C35H48N2O10/c1-20(2)25-10-8-21(3)26-15-29(46-30(40)11-9-24-16-37(6)19-36-24)34(5)12-13-35(42-7,47-34)23(14-27(25)26)17-43-33-32(45-22(4)38)31(41)28(39)18-44-33/h8-9,11-14,16,19-20,25-29,31-33,39,41H,10,15,17-18H2,1-7H3/b11-9?,23-14-/t25-,26+,27-,28-,29+,31-,32+,33-,34+,35-/m1/s1. The molecule has 0 radical (unpaired) electrons. The van der Waals surface area contributed by atoms with E-state index in [2.05, 4.69) is 37.9 Å². The van der Waals surface area contributed by atoms with Crippen LogP contribution in [0.3, 0.4) is 0 Å². The van der Waals surface area contributed by atoms with Crippen LogP contribution < -0.4 is 0 Å². The summed E-state index contributed by atoms with van der Waals surface area (Å²) < 4.78 is 38.1. The van der Waals surface area contributed by atoms with E-state index in [0.29, 0.717) is 23.6 Å². The molecule has 1 saturated heterocycles. The van der Waals surface area contributed by atoms with Crippen LogP contribution in [0.4, 0.5) is 0 Å². The van der Waals surface area contributed by atoms with E-state index >= 15 is 0 Å². The maximum atomic E-state index is 13.3. The summed E-state index contributed by atoms with van der Waals surface area (Å²) in [5.74, 6) is -1.90. The van der Waals surface area contributed by atoms with Crippen LogP contribution in [0.25, 0.3) is 6.08 Å². The number of carbonyl (C=O) groups excluding carboxylic acids is 2. The fraction of sp³-hybridized carbons (Fsp3) is 0.629. The summed E-state index contributed by atoms with van der Waals surface area (Å²) in [6.07, 6.45) is 10.3. The van der Waals surface area contributed by atoms with Crippen LogP contribution in [-0.2, 0) is 45.1 Å². The van der Waals surface area contributed by atoms with E-state index in [4.69, 9.17) is 28.4 Å². The summed E-state index contributed by atoms with van der Waals surface area (Å²) in [4.78, 5) is 29.4. The van der Waals surface area contributed by atoms with Crippen LogP contribution in [0.2, 0.25) is 0 Å². The zero-order chi connectivity index (χ0) is 34.1. The Hall–Kier alpha value is -3.13. The number of aryl methyl sites for hydroxylation is 1. The number of imidazole rings is 1.